The van der Waals surface area contributed by atoms with E-state index in [1.165, 1.54) is 14.0 Å². The van der Waals surface area contributed by atoms with Gasteiger partial charge in [0.1, 0.15) is 11.8 Å². The molecule has 20 heavy (non-hydrogen) atoms. The number of amides is 1. The normalized spacial score (nSPS) is 11.4. The molecule has 0 saturated heterocycles. The van der Waals surface area contributed by atoms with Crippen molar-refractivity contribution in [1.29, 1.82) is 0 Å². The minimum atomic E-state index is -0.792. The third-order valence-electron chi connectivity index (χ3n) is 2.53. The number of methoxy groups -OCH3 is 2. The van der Waals surface area contributed by atoms with Crippen molar-refractivity contribution in [2.45, 2.75) is 13.0 Å². The first-order valence-corrected chi connectivity index (χ1v) is 6.28. The molecule has 0 bridgehead atoms. The van der Waals surface area contributed by atoms with Gasteiger partial charge in [-0.3, -0.25) is 4.79 Å². The Morgan fingerprint density at radius 2 is 2.05 bits per heavy atom. The van der Waals surface area contributed by atoms with E-state index in [9.17, 15) is 9.59 Å². The molecule has 1 amide bonds. The highest BCUT2D eigenvalue weighted by Gasteiger charge is 2.20. The lowest BCUT2D eigenvalue weighted by molar-refractivity contribution is -0.144. The Balaban J connectivity index is 2.76. The standard InChI is InChI=1S/C13H17ClN2O4/c1-8(17)16-12(13(18)20-3)7-15-11-6-9(19-2)4-5-10(11)14/h4-6,12,15H,7H2,1-3H3,(H,16,17). The molecule has 1 aromatic rings. The van der Waals surface area contributed by atoms with Crippen molar-refractivity contribution in [3.63, 3.8) is 0 Å². The molecule has 1 aromatic carbocycles. The van der Waals surface area contributed by atoms with Gasteiger partial charge in [0.15, 0.2) is 0 Å². The Hall–Kier alpha value is -1.95. The van der Waals surface area contributed by atoms with Gasteiger partial charge < -0.3 is 20.1 Å². The maximum atomic E-state index is 11.5. The Kier molecular flexibility index (Phi) is 6.11. The zero-order chi connectivity index (χ0) is 15.1. The lowest BCUT2D eigenvalue weighted by atomic mass is 10.2. The molecule has 0 saturated carbocycles. The lowest BCUT2D eigenvalue weighted by Crippen LogP contribution is -2.45. The molecule has 0 aliphatic heterocycles. The van der Waals surface area contributed by atoms with Gasteiger partial charge in [-0.1, -0.05) is 11.6 Å². The summed E-state index contributed by atoms with van der Waals surface area (Å²) in [4.78, 5) is 22.6. The van der Waals surface area contributed by atoms with Crippen LogP contribution in [0.1, 0.15) is 6.92 Å². The number of esters is 1. The number of halogens is 1. The fourth-order valence-electron chi connectivity index (χ4n) is 1.56. The number of hydrogen-bond acceptors (Lipinski definition) is 5. The van der Waals surface area contributed by atoms with Crippen LogP contribution in [0.4, 0.5) is 5.69 Å². The monoisotopic (exact) mass is 300 g/mol. The predicted octanol–water partition coefficient (Wildman–Crippen LogP) is 1.44. The van der Waals surface area contributed by atoms with E-state index < -0.39 is 12.0 Å². The van der Waals surface area contributed by atoms with E-state index in [4.69, 9.17) is 16.3 Å². The Bertz CT molecular complexity index is 493. The minimum Gasteiger partial charge on any atom is -0.497 e. The summed E-state index contributed by atoms with van der Waals surface area (Å²) < 4.78 is 9.72. The van der Waals surface area contributed by atoms with E-state index in [0.717, 1.165) is 0 Å². The Labute approximate surface area is 122 Å². The first kappa shape index (κ1) is 16.1. The number of benzene rings is 1. The van der Waals surface area contributed by atoms with Crippen LogP contribution >= 0.6 is 11.6 Å². The Morgan fingerprint density at radius 1 is 1.35 bits per heavy atom. The van der Waals surface area contributed by atoms with Crippen molar-refractivity contribution in [3.8, 4) is 5.75 Å². The average molecular weight is 301 g/mol. The largest absolute Gasteiger partial charge is 0.497 e. The maximum absolute atomic E-state index is 11.5. The molecule has 110 valence electrons. The Morgan fingerprint density at radius 3 is 2.60 bits per heavy atom. The third kappa shape index (κ3) is 4.62. The molecule has 2 N–H and O–H groups in total. The summed E-state index contributed by atoms with van der Waals surface area (Å²) in [6.45, 7) is 1.48. The van der Waals surface area contributed by atoms with Crippen molar-refractivity contribution >= 4 is 29.2 Å². The molecule has 0 aliphatic carbocycles. The molecule has 1 unspecified atom stereocenters. The fourth-order valence-corrected chi connectivity index (χ4v) is 1.74. The number of nitrogens with one attached hydrogen (secondary N) is 2. The molecular formula is C13H17ClN2O4. The second kappa shape index (κ2) is 7.59. The van der Waals surface area contributed by atoms with E-state index >= 15 is 0 Å². The van der Waals surface area contributed by atoms with Crippen LogP contribution in [-0.2, 0) is 14.3 Å². The summed E-state index contributed by atoms with van der Waals surface area (Å²) in [6, 6.07) is 4.30. The number of ether oxygens (including phenoxy) is 2. The second-order valence-corrected chi connectivity index (χ2v) is 4.41. The molecule has 0 spiro atoms. The number of anilines is 1. The van der Waals surface area contributed by atoms with Gasteiger partial charge in [-0.15, -0.1) is 0 Å². The molecule has 6 nitrogen and oxygen atoms in total. The highest BCUT2D eigenvalue weighted by Crippen LogP contribution is 2.26. The summed E-state index contributed by atoms with van der Waals surface area (Å²) >= 11 is 6.03. The minimum absolute atomic E-state index is 0.152. The van der Waals surface area contributed by atoms with Gasteiger partial charge >= 0.3 is 5.97 Å². The van der Waals surface area contributed by atoms with Crippen molar-refractivity contribution in [2.24, 2.45) is 0 Å². The van der Waals surface area contributed by atoms with Crippen LogP contribution in [0.2, 0.25) is 5.02 Å². The number of carbonyl (C=O) groups is 2. The van der Waals surface area contributed by atoms with Crippen LogP contribution in [-0.4, -0.2) is 38.7 Å². The van der Waals surface area contributed by atoms with Crippen LogP contribution in [0.25, 0.3) is 0 Å². The van der Waals surface area contributed by atoms with Gasteiger partial charge in [0.2, 0.25) is 5.91 Å². The average Bonchev–Trinajstić information content (AvgIpc) is 2.43. The highest BCUT2D eigenvalue weighted by molar-refractivity contribution is 6.33. The first-order chi connectivity index (χ1) is 9.47. The van der Waals surface area contributed by atoms with E-state index in [-0.39, 0.29) is 12.5 Å². The third-order valence-corrected chi connectivity index (χ3v) is 2.86. The van der Waals surface area contributed by atoms with Crippen molar-refractivity contribution in [3.05, 3.63) is 23.2 Å². The van der Waals surface area contributed by atoms with Gasteiger partial charge in [-0.25, -0.2) is 4.79 Å². The fraction of sp³-hybridized carbons (Fsp3) is 0.385. The quantitative estimate of drug-likeness (QED) is 0.777. The van der Waals surface area contributed by atoms with Gasteiger partial charge in [0.25, 0.3) is 0 Å². The van der Waals surface area contributed by atoms with E-state index in [2.05, 4.69) is 15.4 Å². The SMILES string of the molecule is COC(=O)C(CNc1cc(OC)ccc1Cl)NC(C)=O. The highest BCUT2D eigenvalue weighted by atomic mass is 35.5. The summed E-state index contributed by atoms with van der Waals surface area (Å²) in [7, 11) is 2.80. The van der Waals surface area contributed by atoms with Gasteiger partial charge in [0.05, 0.1) is 24.9 Å². The first-order valence-electron chi connectivity index (χ1n) is 5.90. The smallest absolute Gasteiger partial charge is 0.330 e. The predicted molar refractivity (Wildman–Crippen MR) is 76.1 cm³/mol. The van der Waals surface area contributed by atoms with Gasteiger partial charge in [-0.2, -0.15) is 0 Å². The van der Waals surface area contributed by atoms with Gasteiger partial charge in [-0.05, 0) is 12.1 Å². The molecule has 0 aliphatic rings. The van der Waals surface area contributed by atoms with Crippen molar-refractivity contribution < 1.29 is 19.1 Å². The molecule has 0 aromatic heterocycles. The molecule has 0 heterocycles. The molecule has 1 rings (SSSR count). The maximum Gasteiger partial charge on any atom is 0.330 e. The number of carbonyl (C=O) groups excluding carboxylic acids is 2. The molecule has 0 fully saturated rings. The van der Waals surface area contributed by atoms with E-state index in [0.29, 0.717) is 16.5 Å². The van der Waals surface area contributed by atoms with Crippen LogP contribution in [0, 0.1) is 0 Å². The van der Waals surface area contributed by atoms with Gasteiger partial charge in [0, 0.05) is 19.5 Å². The molecule has 7 heteroatoms. The van der Waals surface area contributed by atoms with Crippen LogP contribution < -0.4 is 15.4 Å². The number of hydrogen-bond donors (Lipinski definition) is 2. The van der Waals surface area contributed by atoms with E-state index in [1.807, 2.05) is 0 Å². The van der Waals surface area contributed by atoms with E-state index in [1.54, 1.807) is 25.3 Å². The van der Waals surface area contributed by atoms with Crippen molar-refractivity contribution in [1.82, 2.24) is 5.32 Å². The summed E-state index contributed by atoms with van der Waals surface area (Å²) in [6.07, 6.45) is 0. The second-order valence-electron chi connectivity index (χ2n) is 4.00. The van der Waals surface area contributed by atoms with Crippen LogP contribution in [0.3, 0.4) is 0 Å². The topological polar surface area (TPSA) is 76.7 Å². The molecular weight excluding hydrogens is 284 g/mol. The van der Waals surface area contributed by atoms with Crippen molar-refractivity contribution in [2.75, 3.05) is 26.1 Å². The number of rotatable bonds is 6. The molecule has 0 radical (unpaired) electrons. The molecule has 1 atom stereocenters. The zero-order valence-corrected chi connectivity index (χ0v) is 12.3. The summed E-state index contributed by atoms with van der Waals surface area (Å²) in [5.74, 6) is -0.225. The zero-order valence-electron chi connectivity index (χ0n) is 11.5. The van der Waals surface area contributed by atoms with Crippen LogP contribution in [0.5, 0.6) is 5.75 Å². The summed E-state index contributed by atoms with van der Waals surface area (Å²) in [5, 5.41) is 5.96. The van der Waals surface area contributed by atoms with Crippen LogP contribution in [0.15, 0.2) is 18.2 Å². The lowest BCUT2D eigenvalue weighted by Gasteiger charge is -2.17. The summed E-state index contributed by atoms with van der Waals surface area (Å²) in [5.41, 5.74) is 0.602.